The van der Waals surface area contributed by atoms with Crippen LogP contribution in [0.2, 0.25) is 0 Å². The second kappa shape index (κ2) is 15.4. The van der Waals surface area contributed by atoms with Crippen LogP contribution in [0.1, 0.15) is 44.5 Å². The van der Waals surface area contributed by atoms with Crippen LogP contribution in [0, 0.1) is 0 Å². The van der Waals surface area contributed by atoms with Crippen LogP contribution >= 0.6 is 11.3 Å². The summed E-state index contributed by atoms with van der Waals surface area (Å²) in [5.41, 5.74) is 18.8. The zero-order chi connectivity index (χ0) is 46.7. The van der Waals surface area contributed by atoms with E-state index < -0.39 is 10.8 Å². The second-order valence-corrected chi connectivity index (χ2v) is 20.1. The van der Waals surface area contributed by atoms with E-state index in [1.165, 1.54) is 81.4 Å². The van der Waals surface area contributed by atoms with Gasteiger partial charge in [0.05, 0.1) is 21.2 Å². The second-order valence-electron chi connectivity index (χ2n) is 19.0. The van der Waals surface area contributed by atoms with Crippen molar-refractivity contribution in [2.75, 3.05) is 4.90 Å². The van der Waals surface area contributed by atoms with Crippen molar-refractivity contribution >= 4 is 70.5 Å². The van der Waals surface area contributed by atoms with Crippen molar-refractivity contribution in [3.8, 4) is 22.3 Å². The third-order valence-electron chi connectivity index (χ3n) is 15.6. The Morgan fingerprint density at radius 2 is 0.803 bits per heavy atom. The predicted molar refractivity (Wildman–Crippen MR) is 296 cm³/mol. The Bertz CT molecular complexity index is 4160. The van der Waals surface area contributed by atoms with Gasteiger partial charge in [-0.2, -0.15) is 0 Å². The molecule has 11 aromatic carbocycles. The fourth-order valence-electron chi connectivity index (χ4n) is 12.8. The van der Waals surface area contributed by atoms with Gasteiger partial charge in [-0.25, -0.2) is 0 Å². The zero-order valence-corrected chi connectivity index (χ0v) is 39.4. The summed E-state index contributed by atoms with van der Waals surface area (Å²) >= 11 is 1.86. The number of rotatable bonds is 7. The van der Waals surface area contributed by atoms with Gasteiger partial charge in [-0.3, -0.25) is 0 Å². The Morgan fingerprint density at radius 3 is 1.46 bits per heavy atom. The lowest BCUT2D eigenvalue weighted by Crippen LogP contribution is -2.28. The van der Waals surface area contributed by atoms with E-state index in [-0.39, 0.29) is 0 Å². The van der Waals surface area contributed by atoms with E-state index in [1.807, 2.05) is 11.3 Å². The van der Waals surface area contributed by atoms with E-state index in [0.29, 0.717) is 0 Å². The summed E-state index contributed by atoms with van der Waals surface area (Å²) in [7, 11) is 0. The molecule has 0 amide bonds. The molecule has 0 unspecified atom stereocenters. The van der Waals surface area contributed by atoms with Gasteiger partial charge in [0.1, 0.15) is 11.2 Å². The van der Waals surface area contributed by atoms with Crippen molar-refractivity contribution in [1.82, 2.24) is 0 Å². The molecule has 0 aliphatic heterocycles. The molecule has 2 aromatic heterocycles. The van der Waals surface area contributed by atoms with Crippen molar-refractivity contribution < 1.29 is 4.42 Å². The molecule has 13 aromatic rings. The Hall–Kier alpha value is -8.76. The summed E-state index contributed by atoms with van der Waals surface area (Å²) in [6.45, 7) is 0. The van der Waals surface area contributed by atoms with Gasteiger partial charge in [0.15, 0.2) is 0 Å². The molecule has 15 rings (SSSR count). The van der Waals surface area contributed by atoms with Gasteiger partial charge in [0.2, 0.25) is 0 Å². The van der Waals surface area contributed by atoms with E-state index in [9.17, 15) is 0 Å². The maximum Gasteiger partial charge on any atom is 0.140 e. The SMILES string of the molecule is c1ccc(C2(c3ccccc3)c3ccccc3-c3ccc(N(c4ccc5c(c4)oc4c(C6(c7ccccc7)c7ccccc7-c7ccccc76)cccc45)c4cccc5c4sc4ccccc45)cc32)cc1. The lowest BCUT2D eigenvalue weighted by molar-refractivity contribution is 0.648. The molecule has 332 valence electrons. The first-order chi connectivity index (χ1) is 35.2. The van der Waals surface area contributed by atoms with Crippen LogP contribution in [0.3, 0.4) is 0 Å². The van der Waals surface area contributed by atoms with E-state index in [0.717, 1.165) is 44.6 Å². The molecule has 0 bridgehead atoms. The summed E-state index contributed by atoms with van der Waals surface area (Å²) in [4.78, 5) is 2.48. The minimum Gasteiger partial charge on any atom is -0.456 e. The van der Waals surface area contributed by atoms with Crippen LogP contribution in [-0.2, 0) is 10.8 Å². The summed E-state index contributed by atoms with van der Waals surface area (Å²) in [6, 6.07) is 96.4. The van der Waals surface area contributed by atoms with Crippen molar-refractivity contribution in [3.63, 3.8) is 0 Å². The number of hydrogen-bond acceptors (Lipinski definition) is 3. The molecule has 0 N–H and O–H groups in total. The van der Waals surface area contributed by atoms with Crippen LogP contribution in [-0.4, -0.2) is 0 Å². The minimum absolute atomic E-state index is 0.551. The molecular formula is C68H43NOS. The lowest BCUT2D eigenvalue weighted by atomic mass is 9.67. The molecule has 3 heteroatoms. The highest BCUT2D eigenvalue weighted by Gasteiger charge is 2.48. The first-order valence-electron chi connectivity index (χ1n) is 24.5. The third-order valence-corrected chi connectivity index (χ3v) is 16.8. The standard InChI is InChI=1S/C68H43NOS/c1-4-20-44(21-5-1)67(45-22-6-2-7-23-45)57-32-14-10-28-51(57)52-40-38-47(42-61(52)67)69(62-36-19-31-56-54-29-13-17-37-64(54)71-66(56)62)48-39-41-53-55-30-18-35-60(65(55)70-63(53)43-48)68(46-24-8-3-9-25-46)58-33-15-11-26-49(58)50-27-12-16-34-59(50)68/h1-43H. The van der Waals surface area contributed by atoms with E-state index in [1.54, 1.807) is 0 Å². The van der Waals surface area contributed by atoms with Crippen LogP contribution in [0.15, 0.2) is 265 Å². The van der Waals surface area contributed by atoms with Crippen molar-refractivity contribution in [2.45, 2.75) is 10.8 Å². The molecule has 71 heavy (non-hydrogen) atoms. The molecule has 2 aliphatic carbocycles. The van der Waals surface area contributed by atoms with Crippen molar-refractivity contribution in [3.05, 3.63) is 305 Å². The summed E-state index contributed by atoms with van der Waals surface area (Å²) < 4.78 is 9.92. The highest BCUT2D eigenvalue weighted by atomic mass is 32.1. The smallest absolute Gasteiger partial charge is 0.140 e. The van der Waals surface area contributed by atoms with Crippen molar-refractivity contribution in [2.24, 2.45) is 0 Å². The molecule has 0 radical (unpaired) electrons. The molecule has 0 spiro atoms. The molecule has 2 nitrogen and oxygen atoms in total. The zero-order valence-electron chi connectivity index (χ0n) is 38.6. The summed E-state index contributed by atoms with van der Waals surface area (Å²) in [5, 5.41) is 4.71. The van der Waals surface area contributed by atoms with Crippen LogP contribution in [0.5, 0.6) is 0 Å². The average Bonchev–Trinajstić information content (AvgIpc) is 4.18. The van der Waals surface area contributed by atoms with Gasteiger partial charge in [0, 0.05) is 49.2 Å². The number of thiophene rings is 1. The highest BCUT2D eigenvalue weighted by Crippen LogP contribution is 2.60. The van der Waals surface area contributed by atoms with Gasteiger partial charge in [-0.15, -0.1) is 11.3 Å². The molecule has 2 heterocycles. The Labute approximate surface area is 416 Å². The number of nitrogens with zero attached hydrogens (tertiary/aromatic N) is 1. The van der Waals surface area contributed by atoms with Crippen LogP contribution in [0.4, 0.5) is 17.1 Å². The number of hydrogen-bond donors (Lipinski definition) is 0. The topological polar surface area (TPSA) is 16.4 Å². The minimum atomic E-state index is -0.598. The van der Waals surface area contributed by atoms with Crippen LogP contribution < -0.4 is 4.90 Å². The number of benzene rings is 11. The Morgan fingerprint density at radius 1 is 0.324 bits per heavy atom. The number of furan rings is 1. The number of para-hydroxylation sites is 1. The van der Waals surface area contributed by atoms with Gasteiger partial charge < -0.3 is 9.32 Å². The molecular weight excluding hydrogens is 879 g/mol. The first kappa shape index (κ1) is 40.2. The van der Waals surface area contributed by atoms with Gasteiger partial charge in [-0.1, -0.05) is 218 Å². The fourth-order valence-corrected chi connectivity index (χ4v) is 14.0. The first-order valence-corrected chi connectivity index (χ1v) is 25.3. The van der Waals surface area contributed by atoms with E-state index >= 15 is 0 Å². The van der Waals surface area contributed by atoms with E-state index in [2.05, 4.69) is 266 Å². The Kier molecular flexibility index (Phi) is 8.69. The molecule has 0 saturated carbocycles. The molecule has 0 fully saturated rings. The number of anilines is 3. The molecule has 0 saturated heterocycles. The third kappa shape index (κ3) is 5.52. The van der Waals surface area contributed by atoms with Gasteiger partial charge >= 0.3 is 0 Å². The Balaban J connectivity index is 0.994. The van der Waals surface area contributed by atoms with E-state index in [4.69, 9.17) is 4.42 Å². The largest absolute Gasteiger partial charge is 0.456 e. The highest BCUT2D eigenvalue weighted by molar-refractivity contribution is 7.26. The average molecular weight is 922 g/mol. The van der Waals surface area contributed by atoms with Gasteiger partial charge in [-0.05, 0) is 97.6 Å². The quantitative estimate of drug-likeness (QED) is 0.158. The molecule has 2 aliphatic rings. The summed E-state index contributed by atoms with van der Waals surface area (Å²) in [6.07, 6.45) is 0. The summed E-state index contributed by atoms with van der Waals surface area (Å²) in [5.74, 6) is 0. The number of fused-ring (bicyclic) bond motifs is 12. The maximum atomic E-state index is 7.41. The fraction of sp³-hybridized carbons (Fsp3) is 0.0294. The van der Waals surface area contributed by atoms with Crippen LogP contribution in [0.25, 0.3) is 64.4 Å². The maximum absolute atomic E-state index is 7.41. The monoisotopic (exact) mass is 921 g/mol. The predicted octanol–water partition coefficient (Wildman–Crippen LogP) is 18.1. The molecule has 0 atom stereocenters. The van der Waals surface area contributed by atoms with Crippen molar-refractivity contribution in [1.29, 1.82) is 0 Å². The lowest BCUT2D eigenvalue weighted by Gasteiger charge is -2.35. The van der Waals surface area contributed by atoms with Gasteiger partial charge in [0.25, 0.3) is 0 Å². The normalized spacial score (nSPS) is 13.9.